The molecule has 0 saturated carbocycles. The molecular weight excluding hydrogens is 282 g/mol. The smallest absolute Gasteiger partial charge is 0.227 e. The Balaban J connectivity index is 2.52. The first-order valence-corrected chi connectivity index (χ1v) is 7.77. The molecule has 0 aliphatic rings. The van der Waals surface area contributed by atoms with E-state index >= 15 is 0 Å². The standard InChI is InChI=1S/C13H22ClN3OS/c1-9(2)11(7-17(3)4)16-12(18)5-13-15-10(6-14)8-19-13/h8-9,11H,5-7H2,1-4H3,(H,16,18). The predicted molar refractivity (Wildman–Crippen MR) is 80.7 cm³/mol. The first-order valence-electron chi connectivity index (χ1n) is 6.35. The van der Waals surface area contributed by atoms with Crippen LogP contribution in [0.3, 0.4) is 0 Å². The van der Waals surface area contributed by atoms with Crippen molar-refractivity contribution in [3.8, 4) is 0 Å². The number of carbonyl (C=O) groups is 1. The van der Waals surface area contributed by atoms with E-state index in [-0.39, 0.29) is 11.9 Å². The maximum atomic E-state index is 12.0. The largest absolute Gasteiger partial charge is 0.351 e. The van der Waals surface area contributed by atoms with Gasteiger partial charge in [0.05, 0.1) is 18.0 Å². The van der Waals surface area contributed by atoms with E-state index in [2.05, 4.69) is 29.0 Å². The van der Waals surface area contributed by atoms with E-state index in [1.807, 2.05) is 19.5 Å². The third-order valence-corrected chi connectivity index (χ3v) is 3.93. The SMILES string of the molecule is CC(C)C(CN(C)C)NC(=O)Cc1nc(CCl)cs1. The maximum absolute atomic E-state index is 12.0. The van der Waals surface area contributed by atoms with Crippen LogP contribution < -0.4 is 5.32 Å². The molecule has 0 aliphatic carbocycles. The summed E-state index contributed by atoms with van der Waals surface area (Å²) in [4.78, 5) is 18.4. The lowest BCUT2D eigenvalue weighted by Crippen LogP contribution is -2.45. The van der Waals surface area contributed by atoms with Crippen molar-refractivity contribution >= 4 is 28.8 Å². The first-order chi connectivity index (χ1) is 8.92. The number of aromatic nitrogens is 1. The number of halogens is 1. The van der Waals surface area contributed by atoms with Crippen LogP contribution in [0.4, 0.5) is 0 Å². The third-order valence-electron chi connectivity index (χ3n) is 2.76. The second-order valence-electron chi connectivity index (χ2n) is 5.22. The molecule has 0 saturated heterocycles. The van der Waals surface area contributed by atoms with Gasteiger partial charge in [0.2, 0.25) is 5.91 Å². The van der Waals surface area contributed by atoms with Crippen LogP contribution >= 0.6 is 22.9 Å². The van der Waals surface area contributed by atoms with Gasteiger partial charge in [-0.25, -0.2) is 4.98 Å². The Hall–Kier alpha value is -0.650. The van der Waals surface area contributed by atoms with Crippen molar-refractivity contribution in [2.45, 2.75) is 32.2 Å². The molecule has 1 aromatic rings. The monoisotopic (exact) mass is 303 g/mol. The van der Waals surface area contributed by atoms with Crippen molar-refractivity contribution in [3.05, 3.63) is 16.1 Å². The number of likely N-dealkylation sites (N-methyl/N-ethyl adjacent to an activating group) is 1. The van der Waals surface area contributed by atoms with E-state index in [9.17, 15) is 4.79 Å². The van der Waals surface area contributed by atoms with Gasteiger partial charge < -0.3 is 10.2 Å². The fraction of sp³-hybridized carbons (Fsp3) is 0.692. The van der Waals surface area contributed by atoms with Gasteiger partial charge in [-0.3, -0.25) is 4.79 Å². The average molecular weight is 304 g/mol. The Kier molecular flexibility index (Phi) is 6.75. The minimum atomic E-state index is 0.0241. The fourth-order valence-corrected chi connectivity index (χ4v) is 2.72. The average Bonchev–Trinajstić information content (AvgIpc) is 2.75. The Labute approximate surface area is 124 Å². The number of nitrogens with zero attached hydrogens (tertiary/aromatic N) is 2. The molecular formula is C13H22ClN3OS. The molecule has 1 atom stereocenters. The van der Waals surface area contributed by atoms with E-state index < -0.39 is 0 Å². The van der Waals surface area contributed by atoms with Crippen molar-refractivity contribution < 1.29 is 4.79 Å². The molecule has 1 N–H and O–H groups in total. The first kappa shape index (κ1) is 16.4. The topological polar surface area (TPSA) is 45.2 Å². The predicted octanol–water partition coefficient (Wildman–Crippen LogP) is 2.13. The van der Waals surface area contributed by atoms with Crippen molar-refractivity contribution in [2.24, 2.45) is 5.92 Å². The number of carbonyl (C=O) groups excluding carboxylic acids is 1. The Morgan fingerprint density at radius 1 is 1.53 bits per heavy atom. The Morgan fingerprint density at radius 3 is 2.68 bits per heavy atom. The van der Waals surface area contributed by atoms with Crippen LogP contribution in [0.15, 0.2) is 5.38 Å². The highest BCUT2D eigenvalue weighted by Gasteiger charge is 2.17. The second kappa shape index (κ2) is 7.82. The summed E-state index contributed by atoms with van der Waals surface area (Å²) in [6.45, 7) is 5.07. The van der Waals surface area contributed by atoms with Crippen molar-refractivity contribution in [2.75, 3.05) is 20.6 Å². The number of nitrogens with one attached hydrogen (secondary N) is 1. The summed E-state index contributed by atoms with van der Waals surface area (Å²) in [6, 6.07) is 0.162. The van der Waals surface area contributed by atoms with Crippen LogP contribution in [0.25, 0.3) is 0 Å². The summed E-state index contributed by atoms with van der Waals surface area (Å²) >= 11 is 7.18. The fourth-order valence-electron chi connectivity index (χ4n) is 1.70. The lowest BCUT2D eigenvalue weighted by Gasteiger charge is -2.25. The molecule has 0 aromatic carbocycles. The van der Waals surface area contributed by atoms with Gasteiger partial charge in [-0.15, -0.1) is 22.9 Å². The maximum Gasteiger partial charge on any atom is 0.227 e. The van der Waals surface area contributed by atoms with Gasteiger partial charge in [0.1, 0.15) is 5.01 Å². The molecule has 0 spiro atoms. The van der Waals surface area contributed by atoms with Crippen LogP contribution in [-0.2, 0) is 17.1 Å². The normalized spacial score (nSPS) is 13.0. The Bertz CT molecular complexity index is 406. The zero-order chi connectivity index (χ0) is 14.4. The van der Waals surface area contributed by atoms with Gasteiger partial charge in [0, 0.05) is 18.0 Å². The summed E-state index contributed by atoms with van der Waals surface area (Å²) in [6.07, 6.45) is 0.332. The summed E-state index contributed by atoms with van der Waals surface area (Å²) in [5, 5.41) is 5.79. The minimum absolute atomic E-state index is 0.0241. The number of rotatable bonds is 7. The number of thiazole rings is 1. The highest BCUT2D eigenvalue weighted by molar-refractivity contribution is 7.09. The third kappa shape index (κ3) is 5.89. The van der Waals surface area contributed by atoms with E-state index in [4.69, 9.17) is 11.6 Å². The van der Waals surface area contributed by atoms with Crippen molar-refractivity contribution in [1.82, 2.24) is 15.2 Å². The molecule has 1 amide bonds. The molecule has 1 unspecified atom stereocenters. The van der Waals surface area contributed by atoms with Gasteiger partial charge in [-0.2, -0.15) is 0 Å². The number of hydrogen-bond donors (Lipinski definition) is 1. The summed E-state index contributed by atoms with van der Waals surface area (Å²) < 4.78 is 0. The van der Waals surface area contributed by atoms with Gasteiger partial charge in [0.25, 0.3) is 0 Å². The van der Waals surface area contributed by atoms with Crippen LogP contribution in [0.2, 0.25) is 0 Å². The zero-order valence-corrected chi connectivity index (χ0v) is 13.5. The van der Waals surface area contributed by atoms with Gasteiger partial charge in [0.15, 0.2) is 0 Å². The van der Waals surface area contributed by atoms with Crippen LogP contribution in [-0.4, -0.2) is 42.5 Å². The summed E-state index contributed by atoms with van der Waals surface area (Å²) in [5.41, 5.74) is 0.836. The molecule has 1 heterocycles. The molecule has 19 heavy (non-hydrogen) atoms. The summed E-state index contributed by atoms with van der Waals surface area (Å²) in [5.74, 6) is 0.824. The van der Waals surface area contributed by atoms with Crippen molar-refractivity contribution in [3.63, 3.8) is 0 Å². The second-order valence-corrected chi connectivity index (χ2v) is 6.43. The minimum Gasteiger partial charge on any atom is -0.351 e. The van der Waals surface area contributed by atoms with Gasteiger partial charge in [-0.1, -0.05) is 13.8 Å². The molecule has 4 nitrogen and oxygen atoms in total. The van der Waals surface area contributed by atoms with Crippen LogP contribution in [0.1, 0.15) is 24.5 Å². The van der Waals surface area contributed by atoms with Crippen LogP contribution in [0.5, 0.6) is 0 Å². The molecule has 1 aromatic heterocycles. The molecule has 108 valence electrons. The lowest BCUT2D eigenvalue weighted by molar-refractivity contribution is -0.121. The molecule has 1 rings (SSSR count). The van der Waals surface area contributed by atoms with E-state index in [0.717, 1.165) is 17.2 Å². The van der Waals surface area contributed by atoms with Gasteiger partial charge in [-0.05, 0) is 20.0 Å². The molecule has 0 bridgehead atoms. The number of amides is 1. The van der Waals surface area contributed by atoms with Crippen molar-refractivity contribution in [1.29, 1.82) is 0 Å². The van der Waals surface area contributed by atoms with E-state index in [0.29, 0.717) is 18.2 Å². The molecule has 0 aliphatic heterocycles. The quantitative estimate of drug-likeness (QED) is 0.785. The number of hydrogen-bond acceptors (Lipinski definition) is 4. The van der Waals surface area contributed by atoms with Crippen LogP contribution in [0, 0.1) is 5.92 Å². The summed E-state index contributed by atoms with van der Waals surface area (Å²) in [7, 11) is 4.02. The van der Waals surface area contributed by atoms with Gasteiger partial charge >= 0.3 is 0 Å². The number of alkyl halides is 1. The van der Waals surface area contributed by atoms with E-state index in [1.54, 1.807) is 0 Å². The van der Waals surface area contributed by atoms with E-state index in [1.165, 1.54) is 11.3 Å². The molecule has 6 heteroatoms. The lowest BCUT2D eigenvalue weighted by atomic mass is 10.0. The Morgan fingerprint density at radius 2 is 2.21 bits per heavy atom. The highest BCUT2D eigenvalue weighted by atomic mass is 35.5. The molecule has 0 radical (unpaired) electrons. The molecule has 0 fully saturated rings. The zero-order valence-electron chi connectivity index (χ0n) is 11.9. The highest BCUT2D eigenvalue weighted by Crippen LogP contribution is 2.12.